The van der Waals surface area contributed by atoms with E-state index in [1.807, 2.05) is 16.8 Å². The number of ether oxygens (including phenoxy) is 1. The van der Waals surface area contributed by atoms with Crippen molar-refractivity contribution in [1.82, 2.24) is 20.2 Å². The first-order chi connectivity index (χ1) is 9.60. The molecule has 0 amide bonds. The summed E-state index contributed by atoms with van der Waals surface area (Å²) in [6.45, 7) is 5.12. The van der Waals surface area contributed by atoms with E-state index in [2.05, 4.69) is 51.4 Å². The van der Waals surface area contributed by atoms with Gasteiger partial charge in [0.15, 0.2) is 0 Å². The molecule has 0 spiro atoms. The molecular formula is C13H17BrN4OS. The van der Waals surface area contributed by atoms with Crippen LogP contribution in [0.2, 0.25) is 0 Å². The SMILES string of the molecule is COc1ccc(Br)cc1CSc1nnnn1CC(C)C. The first-order valence-corrected chi connectivity index (χ1v) is 8.09. The minimum absolute atomic E-state index is 0.512. The van der Waals surface area contributed by atoms with E-state index in [-0.39, 0.29) is 0 Å². The first kappa shape index (κ1) is 15.3. The first-order valence-electron chi connectivity index (χ1n) is 6.31. The number of aromatic nitrogens is 4. The monoisotopic (exact) mass is 356 g/mol. The zero-order valence-electron chi connectivity index (χ0n) is 11.7. The molecule has 20 heavy (non-hydrogen) atoms. The van der Waals surface area contributed by atoms with E-state index in [9.17, 15) is 0 Å². The van der Waals surface area contributed by atoms with Gasteiger partial charge in [0.05, 0.1) is 7.11 Å². The lowest BCUT2D eigenvalue weighted by atomic mass is 10.2. The number of halogens is 1. The third kappa shape index (κ3) is 3.96. The lowest BCUT2D eigenvalue weighted by molar-refractivity contribution is 0.411. The molecule has 0 aliphatic heterocycles. The molecule has 2 rings (SSSR count). The lowest BCUT2D eigenvalue weighted by Crippen LogP contribution is -2.07. The second-order valence-corrected chi connectivity index (χ2v) is 6.64. The van der Waals surface area contributed by atoms with E-state index in [1.165, 1.54) is 0 Å². The fraction of sp³-hybridized carbons (Fsp3) is 0.462. The highest BCUT2D eigenvalue weighted by molar-refractivity contribution is 9.10. The number of methoxy groups -OCH3 is 1. The molecule has 0 aliphatic carbocycles. The Morgan fingerprint density at radius 2 is 2.20 bits per heavy atom. The van der Waals surface area contributed by atoms with Crippen LogP contribution < -0.4 is 4.74 Å². The average Bonchev–Trinajstić information content (AvgIpc) is 2.83. The number of thioether (sulfide) groups is 1. The normalized spacial score (nSPS) is 11.1. The van der Waals surface area contributed by atoms with Gasteiger partial charge in [-0.3, -0.25) is 0 Å². The maximum atomic E-state index is 5.37. The topological polar surface area (TPSA) is 52.8 Å². The molecule has 0 N–H and O–H groups in total. The van der Waals surface area contributed by atoms with Crippen molar-refractivity contribution in [2.45, 2.75) is 31.3 Å². The molecule has 0 saturated heterocycles. The van der Waals surface area contributed by atoms with Crippen molar-refractivity contribution < 1.29 is 4.74 Å². The second kappa shape index (κ2) is 7.08. The molecule has 0 unspecified atom stereocenters. The quantitative estimate of drug-likeness (QED) is 0.742. The largest absolute Gasteiger partial charge is 0.496 e. The molecule has 0 radical (unpaired) electrons. The molecule has 108 valence electrons. The van der Waals surface area contributed by atoms with Crippen molar-refractivity contribution in [2.24, 2.45) is 5.92 Å². The van der Waals surface area contributed by atoms with Crippen LogP contribution in [0.3, 0.4) is 0 Å². The number of benzene rings is 1. The molecule has 0 saturated carbocycles. The predicted molar refractivity (Wildman–Crippen MR) is 82.9 cm³/mol. The lowest BCUT2D eigenvalue weighted by Gasteiger charge is -2.09. The molecule has 1 heterocycles. The van der Waals surface area contributed by atoms with Crippen molar-refractivity contribution in [3.05, 3.63) is 28.2 Å². The minimum Gasteiger partial charge on any atom is -0.496 e. The molecule has 0 atom stereocenters. The third-order valence-electron chi connectivity index (χ3n) is 2.64. The number of rotatable bonds is 6. The van der Waals surface area contributed by atoms with Crippen LogP contribution in [-0.4, -0.2) is 27.3 Å². The smallest absolute Gasteiger partial charge is 0.209 e. The Kier molecular flexibility index (Phi) is 5.42. The van der Waals surface area contributed by atoms with E-state index < -0.39 is 0 Å². The average molecular weight is 357 g/mol. The van der Waals surface area contributed by atoms with Crippen molar-refractivity contribution in [1.29, 1.82) is 0 Å². The maximum Gasteiger partial charge on any atom is 0.209 e. The van der Waals surface area contributed by atoms with Gasteiger partial charge in [0.2, 0.25) is 5.16 Å². The van der Waals surface area contributed by atoms with Gasteiger partial charge in [0.1, 0.15) is 5.75 Å². The van der Waals surface area contributed by atoms with E-state index in [4.69, 9.17) is 4.74 Å². The van der Waals surface area contributed by atoms with Gasteiger partial charge in [-0.2, -0.15) is 0 Å². The Morgan fingerprint density at radius 3 is 2.90 bits per heavy atom. The predicted octanol–water partition coefficient (Wildman–Crippen LogP) is 3.39. The van der Waals surface area contributed by atoms with E-state index in [0.29, 0.717) is 5.92 Å². The van der Waals surface area contributed by atoms with Crippen LogP contribution in [0.25, 0.3) is 0 Å². The summed E-state index contributed by atoms with van der Waals surface area (Å²) in [6, 6.07) is 5.98. The van der Waals surface area contributed by atoms with Gasteiger partial charge < -0.3 is 4.74 Å². The zero-order valence-corrected chi connectivity index (χ0v) is 14.1. The summed E-state index contributed by atoms with van der Waals surface area (Å²) in [6.07, 6.45) is 0. The fourth-order valence-electron chi connectivity index (χ4n) is 1.76. The van der Waals surface area contributed by atoms with Crippen molar-refractivity contribution >= 4 is 27.7 Å². The second-order valence-electron chi connectivity index (χ2n) is 4.78. The summed E-state index contributed by atoms with van der Waals surface area (Å²) in [5.41, 5.74) is 1.12. The van der Waals surface area contributed by atoms with E-state index >= 15 is 0 Å². The molecule has 0 aliphatic rings. The summed E-state index contributed by atoms with van der Waals surface area (Å²) in [7, 11) is 1.68. The summed E-state index contributed by atoms with van der Waals surface area (Å²) in [5.74, 6) is 2.16. The number of tetrazole rings is 1. The highest BCUT2D eigenvalue weighted by Gasteiger charge is 2.11. The van der Waals surface area contributed by atoms with Gasteiger partial charge in [-0.05, 0) is 34.5 Å². The van der Waals surface area contributed by atoms with Crippen LogP contribution in [0.1, 0.15) is 19.4 Å². The van der Waals surface area contributed by atoms with Crippen LogP contribution in [0, 0.1) is 5.92 Å². The van der Waals surface area contributed by atoms with E-state index in [0.717, 1.165) is 33.2 Å². The van der Waals surface area contributed by atoms with Crippen LogP contribution in [0.4, 0.5) is 0 Å². The van der Waals surface area contributed by atoms with Crippen LogP contribution >= 0.6 is 27.7 Å². The zero-order chi connectivity index (χ0) is 14.5. The molecule has 1 aromatic heterocycles. The van der Waals surface area contributed by atoms with Crippen molar-refractivity contribution in [2.75, 3.05) is 7.11 Å². The van der Waals surface area contributed by atoms with Crippen LogP contribution in [0.5, 0.6) is 5.75 Å². The number of hydrogen-bond donors (Lipinski definition) is 0. The van der Waals surface area contributed by atoms with Gasteiger partial charge in [-0.25, -0.2) is 4.68 Å². The van der Waals surface area contributed by atoms with Gasteiger partial charge in [-0.1, -0.05) is 41.5 Å². The van der Waals surface area contributed by atoms with Gasteiger partial charge in [-0.15, -0.1) is 5.10 Å². The highest BCUT2D eigenvalue weighted by Crippen LogP contribution is 2.29. The molecule has 0 fully saturated rings. The molecule has 7 heteroatoms. The molecule has 2 aromatic rings. The summed E-state index contributed by atoms with van der Waals surface area (Å²) in [5, 5.41) is 12.7. The summed E-state index contributed by atoms with van der Waals surface area (Å²) in [4.78, 5) is 0. The molecule has 0 bridgehead atoms. The van der Waals surface area contributed by atoms with Crippen LogP contribution in [0.15, 0.2) is 27.8 Å². The molecule has 1 aromatic carbocycles. The van der Waals surface area contributed by atoms with Crippen LogP contribution in [-0.2, 0) is 12.3 Å². The Balaban J connectivity index is 2.09. The Hall–Kier alpha value is -1.08. The standard InChI is InChI=1S/C13H17BrN4OS/c1-9(2)7-18-13(15-16-17-18)20-8-10-6-11(14)4-5-12(10)19-3/h4-6,9H,7-8H2,1-3H3. The fourth-order valence-corrected chi connectivity index (χ4v) is 3.04. The Labute approximate surface area is 131 Å². The Morgan fingerprint density at radius 1 is 1.40 bits per heavy atom. The van der Waals surface area contributed by atoms with Crippen molar-refractivity contribution in [3.63, 3.8) is 0 Å². The van der Waals surface area contributed by atoms with Gasteiger partial charge in [0.25, 0.3) is 0 Å². The summed E-state index contributed by atoms with van der Waals surface area (Å²) < 4.78 is 8.26. The third-order valence-corrected chi connectivity index (χ3v) is 4.14. The van der Waals surface area contributed by atoms with Gasteiger partial charge >= 0.3 is 0 Å². The molecular weight excluding hydrogens is 340 g/mol. The highest BCUT2D eigenvalue weighted by atomic mass is 79.9. The maximum absolute atomic E-state index is 5.37. The minimum atomic E-state index is 0.512. The number of nitrogens with zero attached hydrogens (tertiary/aromatic N) is 4. The Bertz CT molecular complexity index is 573. The number of hydrogen-bond acceptors (Lipinski definition) is 5. The molecule has 5 nitrogen and oxygen atoms in total. The van der Waals surface area contributed by atoms with Gasteiger partial charge in [0, 0.05) is 22.3 Å². The van der Waals surface area contributed by atoms with Crippen molar-refractivity contribution in [3.8, 4) is 5.75 Å². The van der Waals surface area contributed by atoms with E-state index in [1.54, 1.807) is 18.9 Å². The summed E-state index contributed by atoms with van der Waals surface area (Å²) >= 11 is 5.09.